The minimum Gasteiger partial charge on any atom is -0.497 e. The maximum absolute atomic E-state index is 11.2. The third-order valence-electron chi connectivity index (χ3n) is 8.15. The molecule has 0 aliphatic carbocycles. The molecule has 9 heteroatoms. The molecule has 246 valence electrons. The average molecular weight is 648 g/mol. The number of hydrogen-bond donors (Lipinski definition) is 0. The van der Waals surface area contributed by atoms with Crippen LogP contribution in [-0.2, 0) is 0 Å². The van der Waals surface area contributed by atoms with Crippen LogP contribution >= 0.6 is 0 Å². The van der Waals surface area contributed by atoms with Gasteiger partial charge in [-0.25, -0.2) is 0 Å². The first-order valence-corrected chi connectivity index (χ1v) is 14.9. The minimum atomic E-state index is 0.376. The molecule has 0 atom stereocenters. The fraction of sp³-hybridized carbons (Fsp3) is 0.205. The van der Waals surface area contributed by atoms with Gasteiger partial charge in [-0.05, 0) is 82.9 Å². The molecule has 5 rings (SSSR count). The molecule has 0 unspecified atom stereocenters. The van der Waals surface area contributed by atoms with E-state index in [1.165, 1.54) is 0 Å². The van der Waals surface area contributed by atoms with Crippen molar-refractivity contribution in [1.29, 1.82) is 5.26 Å². The van der Waals surface area contributed by atoms with Gasteiger partial charge in [0.15, 0.2) is 11.5 Å². The third kappa shape index (κ3) is 6.20. The lowest BCUT2D eigenvalue weighted by atomic mass is 9.81. The molecule has 9 nitrogen and oxygen atoms in total. The van der Waals surface area contributed by atoms with Crippen LogP contribution in [0.1, 0.15) is 5.56 Å². The summed E-state index contributed by atoms with van der Waals surface area (Å²) in [5.41, 5.74) is 5.92. The van der Waals surface area contributed by atoms with Gasteiger partial charge < -0.3 is 37.9 Å². The van der Waals surface area contributed by atoms with E-state index >= 15 is 0 Å². The van der Waals surface area contributed by atoms with Gasteiger partial charge in [0.05, 0.1) is 62.4 Å². The van der Waals surface area contributed by atoms with Gasteiger partial charge in [-0.15, -0.1) is 0 Å². The first kappa shape index (κ1) is 33.4. The van der Waals surface area contributed by atoms with E-state index in [1.807, 2.05) is 72.8 Å². The summed E-state index contributed by atoms with van der Waals surface area (Å²) in [5, 5.41) is 11.2. The fourth-order valence-electron chi connectivity index (χ4n) is 5.80. The van der Waals surface area contributed by atoms with E-state index in [2.05, 4.69) is 6.07 Å². The van der Waals surface area contributed by atoms with Crippen molar-refractivity contribution in [2.75, 3.05) is 56.9 Å². The normalized spacial score (nSPS) is 10.5. The summed E-state index contributed by atoms with van der Waals surface area (Å²) in [6.07, 6.45) is 0. The van der Waals surface area contributed by atoms with E-state index in [4.69, 9.17) is 37.9 Å². The number of rotatable bonds is 12. The largest absolute Gasteiger partial charge is 0.497 e. The molecule has 0 heterocycles. The van der Waals surface area contributed by atoms with Crippen LogP contribution in [0.5, 0.6) is 46.0 Å². The first-order valence-electron chi connectivity index (χ1n) is 14.9. The molecule has 0 aromatic heterocycles. The highest BCUT2D eigenvalue weighted by atomic mass is 16.5. The summed E-state index contributed by atoms with van der Waals surface area (Å²) in [6, 6.07) is 26.9. The molecule has 0 N–H and O–H groups in total. The van der Waals surface area contributed by atoms with Crippen LogP contribution in [0.3, 0.4) is 0 Å². The maximum Gasteiger partial charge on any atom is 0.161 e. The van der Waals surface area contributed by atoms with Crippen LogP contribution in [0, 0.1) is 11.3 Å². The lowest BCUT2D eigenvalue weighted by Crippen LogP contribution is -2.02. The quantitative estimate of drug-likeness (QED) is 0.132. The summed E-state index contributed by atoms with van der Waals surface area (Å²) in [4.78, 5) is 0. The second-order valence-corrected chi connectivity index (χ2v) is 10.5. The van der Waals surface area contributed by atoms with Crippen LogP contribution in [-0.4, -0.2) is 56.9 Å². The Morgan fingerprint density at radius 1 is 0.375 bits per heavy atom. The average Bonchev–Trinajstić information content (AvgIpc) is 3.15. The summed E-state index contributed by atoms with van der Waals surface area (Å²) in [6.45, 7) is 0. The molecular formula is C39H37NO8. The molecule has 5 aromatic rings. The number of hydrogen-bond acceptors (Lipinski definition) is 9. The fourth-order valence-corrected chi connectivity index (χ4v) is 5.80. The molecule has 0 bridgehead atoms. The van der Waals surface area contributed by atoms with Crippen LogP contribution < -0.4 is 37.9 Å². The molecule has 0 amide bonds. The van der Waals surface area contributed by atoms with Gasteiger partial charge in [-0.3, -0.25) is 0 Å². The second kappa shape index (κ2) is 14.6. The lowest BCUT2D eigenvalue weighted by molar-refractivity contribution is 0.355. The molecule has 0 fully saturated rings. The van der Waals surface area contributed by atoms with Gasteiger partial charge in [-0.2, -0.15) is 5.26 Å². The Bertz CT molecular complexity index is 1970. The Labute approximate surface area is 280 Å². The topological polar surface area (TPSA) is 97.6 Å². The zero-order chi connectivity index (χ0) is 34.4. The standard InChI is InChI=1S/C39H37NO8/c1-41-25-11-14-34(45-5)32(19-25)39-31(29-12-10-26(42-2)20-36(29)47-7)21-30(24-15-27(43-3)18-28(16-24)44-4)38(33(39)22-40)23-9-13-35(46-6)37(17-23)48-8/h9-21H,1-8H3. The molecular weight excluding hydrogens is 610 g/mol. The van der Waals surface area contributed by atoms with E-state index in [0.717, 1.165) is 22.3 Å². The minimum absolute atomic E-state index is 0.376. The smallest absolute Gasteiger partial charge is 0.161 e. The van der Waals surface area contributed by atoms with Crippen molar-refractivity contribution >= 4 is 0 Å². The Kier molecular flexibility index (Phi) is 10.2. The van der Waals surface area contributed by atoms with Crippen LogP contribution in [0.2, 0.25) is 0 Å². The number of nitrogens with zero attached hydrogens (tertiary/aromatic N) is 1. The van der Waals surface area contributed by atoms with Crippen molar-refractivity contribution in [2.45, 2.75) is 0 Å². The Hall–Kier alpha value is -6.01. The Morgan fingerprint density at radius 3 is 1.54 bits per heavy atom. The van der Waals surface area contributed by atoms with Crippen molar-refractivity contribution in [3.8, 4) is 96.6 Å². The molecule has 0 aliphatic heterocycles. The van der Waals surface area contributed by atoms with Gasteiger partial charge in [0, 0.05) is 34.4 Å². The van der Waals surface area contributed by atoms with Crippen molar-refractivity contribution in [1.82, 2.24) is 0 Å². The molecule has 0 saturated carbocycles. The summed E-state index contributed by atoms with van der Waals surface area (Å²) >= 11 is 0. The van der Waals surface area contributed by atoms with Crippen LogP contribution in [0.4, 0.5) is 0 Å². The third-order valence-corrected chi connectivity index (χ3v) is 8.15. The van der Waals surface area contributed by atoms with Gasteiger partial charge in [0.25, 0.3) is 0 Å². The van der Waals surface area contributed by atoms with Gasteiger partial charge in [0.2, 0.25) is 0 Å². The van der Waals surface area contributed by atoms with E-state index in [9.17, 15) is 5.26 Å². The maximum atomic E-state index is 11.2. The first-order chi connectivity index (χ1) is 23.4. The predicted molar refractivity (Wildman–Crippen MR) is 185 cm³/mol. The monoisotopic (exact) mass is 647 g/mol. The molecule has 0 aliphatic rings. The zero-order valence-corrected chi connectivity index (χ0v) is 28.2. The van der Waals surface area contributed by atoms with Gasteiger partial charge in [-0.1, -0.05) is 6.07 Å². The SMILES string of the molecule is COc1cc(OC)cc(-c2cc(-c3ccc(OC)cc3OC)c(-c3cc(OC)ccc3OC)c(C#N)c2-c2ccc(OC)c(OC)c2)c1. The zero-order valence-electron chi connectivity index (χ0n) is 28.2. The van der Waals surface area contributed by atoms with E-state index in [-0.39, 0.29) is 0 Å². The number of benzene rings is 5. The molecule has 5 aromatic carbocycles. The van der Waals surface area contributed by atoms with E-state index in [0.29, 0.717) is 73.8 Å². The lowest BCUT2D eigenvalue weighted by Gasteiger charge is -2.23. The van der Waals surface area contributed by atoms with Crippen LogP contribution in [0.15, 0.2) is 78.9 Å². The highest BCUT2D eigenvalue weighted by molar-refractivity contribution is 6.02. The number of methoxy groups -OCH3 is 8. The second-order valence-electron chi connectivity index (χ2n) is 10.5. The van der Waals surface area contributed by atoms with Crippen molar-refractivity contribution in [3.05, 3.63) is 84.4 Å². The highest BCUT2D eigenvalue weighted by Crippen LogP contribution is 2.51. The number of ether oxygens (including phenoxy) is 8. The molecule has 0 saturated heterocycles. The van der Waals surface area contributed by atoms with Crippen molar-refractivity contribution < 1.29 is 37.9 Å². The summed E-state index contributed by atoms with van der Waals surface area (Å²) in [7, 11) is 12.7. The van der Waals surface area contributed by atoms with Crippen LogP contribution in [0.25, 0.3) is 44.5 Å². The highest BCUT2D eigenvalue weighted by Gasteiger charge is 2.27. The van der Waals surface area contributed by atoms with Gasteiger partial charge >= 0.3 is 0 Å². The molecule has 0 spiro atoms. The van der Waals surface area contributed by atoms with E-state index in [1.54, 1.807) is 62.9 Å². The molecule has 48 heavy (non-hydrogen) atoms. The van der Waals surface area contributed by atoms with Gasteiger partial charge in [0.1, 0.15) is 40.6 Å². The van der Waals surface area contributed by atoms with Crippen molar-refractivity contribution in [3.63, 3.8) is 0 Å². The summed E-state index contributed by atoms with van der Waals surface area (Å²) in [5.74, 6) is 4.55. The predicted octanol–water partition coefficient (Wildman–Crippen LogP) is 8.30. The Morgan fingerprint density at radius 2 is 0.958 bits per heavy atom. The van der Waals surface area contributed by atoms with E-state index < -0.39 is 0 Å². The van der Waals surface area contributed by atoms with Crippen molar-refractivity contribution in [2.24, 2.45) is 0 Å². The Balaban J connectivity index is 2.05. The summed E-state index contributed by atoms with van der Waals surface area (Å²) < 4.78 is 45.5. The number of nitriles is 1. The molecule has 0 radical (unpaired) electrons.